The molecule has 0 spiro atoms. The third-order valence-electron chi connectivity index (χ3n) is 4.59. The number of allylic oxidation sites excluding steroid dienone is 1. The molecule has 1 amide bonds. The van der Waals surface area contributed by atoms with Gasteiger partial charge in [0.15, 0.2) is 0 Å². The van der Waals surface area contributed by atoms with Crippen LogP contribution in [0.5, 0.6) is 0 Å². The number of amides is 1. The van der Waals surface area contributed by atoms with E-state index in [2.05, 4.69) is 6.08 Å². The number of rotatable bonds is 3. The van der Waals surface area contributed by atoms with Crippen LogP contribution in [-0.4, -0.2) is 40.5 Å². The van der Waals surface area contributed by atoms with Crippen molar-refractivity contribution in [1.82, 2.24) is 9.47 Å². The first-order chi connectivity index (χ1) is 10.6. The molecule has 1 fully saturated rings. The van der Waals surface area contributed by atoms with Gasteiger partial charge in [-0.25, -0.2) is 0 Å². The van der Waals surface area contributed by atoms with Gasteiger partial charge in [0, 0.05) is 37.3 Å². The number of nitrogens with zero attached hydrogens (tertiary/aromatic N) is 2. The molecule has 3 heterocycles. The van der Waals surface area contributed by atoms with Crippen molar-refractivity contribution in [2.24, 2.45) is 5.92 Å². The normalized spacial score (nSPS) is 23.6. The van der Waals surface area contributed by atoms with Crippen molar-refractivity contribution in [3.63, 3.8) is 0 Å². The SMILES string of the molecule is CC=Cc1ccc(=O)n2c1[C@H]1C[C@@H](CN(C(=O)CSC)C1)C2. The highest BCUT2D eigenvalue weighted by atomic mass is 32.2. The number of aromatic nitrogens is 1. The van der Waals surface area contributed by atoms with Gasteiger partial charge in [-0.2, -0.15) is 11.8 Å². The first-order valence-electron chi connectivity index (χ1n) is 7.77. The summed E-state index contributed by atoms with van der Waals surface area (Å²) in [5.74, 6) is 1.44. The van der Waals surface area contributed by atoms with E-state index in [0.29, 0.717) is 11.7 Å². The van der Waals surface area contributed by atoms with E-state index in [1.54, 1.807) is 17.8 Å². The van der Waals surface area contributed by atoms with Crippen molar-refractivity contribution in [2.45, 2.75) is 25.8 Å². The molecule has 1 aromatic heterocycles. The van der Waals surface area contributed by atoms with E-state index in [4.69, 9.17) is 0 Å². The molecule has 5 heteroatoms. The average molecular weight is 318 g/mol. The van der Waals surface area contributed by atoms with E-state index in [0.717, 1.165) is 37.3 Å². The molecule has 1 aromatic rings. The van der Waals surface area contributed by atoms with Crippen LogP contribution in [0.2, 0.25) is 0 Å². The number of hydrogen-bond acceptors (Lipinski definition) is 3. The van der Waals surface area contributed by atoms with E-state index in [1.165, 1.54) is 0 Å². The summed E-state index contributed by atoms with van der Waals surface area (Å²) in [6.07, 6.45) is 7.11. The first kappa shape index (κ1) is 15.4. The number of hydrogen-bond donors (Lipinski definition) is 0. The second-order valence-corrected chi connectivity index (χ2v) is 7.02. The maximum Gasteiger partial charge on any atom is 0.250 e. The summed E-state index contributed by atoms with van der Waals surface area (Å²) < 4.78 is 1.94. The molecule has 118 valence electrons. The third-order valence-corrected chi connectivity index (χ3v) is 5.13. The minimum atomic E-state index is 0.0850. The van der Waals surface area contributed by atoms with Gasteiger partial charge in [0.1, 0.15) is 0 Å². The summed E-state index contributed by atoms with van der Waals surface area (Å²) in [6.45, 7) is 4.25. The number of piperidine rings is 1. The van der Waals surface area contributed by atoms with E-state index >= 15 is 0 Å². The standard InChI is InChI=1S/C17H22N2O2S/c1-3-4-13-5-6-15(20)19-9-12-7-14(17(13)19)10-18(8-12)16(21)11-22-2/h3-6,12,14H,7-11H2,1-2H3/t12-,14-/m0/s1. The average Bonchev–Trinajstić information content (AvgIpc) is 2.50. The summed E-state index contributed by atoms with van der Waals surface area (Å²) in [5, 5.41) is 0. The van der Waals surface area contributed by atoms with Crippen molar-refractivity contribution in [1.29, 1.82) is 0 Å². The highest BCUT2D eigenvalue weighted by molar-refractivity contribution is 7.99. The zero-order valence-electron chi connectivity index (χ0n) is 13.1. The molecule has 0 aliphatic carbocycles. The molecule has 3 rings (SSSR count). The molecule has 4 nitrogen and oxygen atoms in total. The monoisotopic (exact) mass is 318 g/mol. The highest BCUT2D eigenvalue weighted by Crippen LogP contribution is 2.37. The van der Waals surface area contributed by atoms with Gasteiger partial charge in [-0.05, 0) is 37.1 Å². The van der Waals surface area contributed by atoms with E-state index < -0.39 is 0 Å². The van der Waals surface area contributed by atoms with Crippen LogP contribution in [0.25, 0.3) is 6.08 Å². The van der Waals surface area contributed by atoms with E-state index in [9.17, 15) is 9.59 Å². The van der Waals surface area contributed by atoms with Gasteiger partial charge >= 0.3 is 0 Å². The highest BCUT2D eigenvalue weighted by Gasteiger charge is 2.37. The Bertz CT molecular complexity index is 665. The molecule has 0 aromatic carbocycles. The molecular weight excluding hydrogens is 296 g/mol. The Morgan fingerprint density at radius 3 is 2.91 bits per heavy atom. The summed E-state index contributed by atoms with van der Waals surface area (Å²) in [7, 11) is 0. The predicted octanol–water partition coefficient (Wildman–Crippen LogP) is 2.19. The summed E-state index contributed by atoms with van der Waals surface area (Å²) in [6, 6.07) is 3.58. The Hall–Kier alpha value is -1.49. The Morgan fingerprint density at radius 2 is 2.18 bits per heavy atom. The lowest BCUT2D eigenvalue weighted by Crippen LogP contribution is -2.49. The van der Waals surface area contributed by atoms with Crippen LogP contribution >= 0.6 is 11.8 Å². The molecule has 22 heavy (non-hydrogen) atoms. The summed E-state index contributed by atoms with van der Waals surface area (Å²) in [4.78, 5) is 26.5. The lowest BCUT2D eigenvalue weighted by atomic mass is 9.81. The van der Waals surface area contributed by atoms with Crippen LogP contribution in [0.3, 0.4) is 0 Å². The van der Waals surface area contributed by atoms with Gasteiger partial charge in [-0.15, -0.1) is 0 Å². The zero-order valence-corrected chi connectivity index (χ0v) is 13.9. The van der Waals surface area contributed by atoms with Crippen LogP contribution in [0.15, 0.2) is 23.0 Å². The molecule has 0 unspecified atom stereocenters. The van der Waals surface area contributed by atoms with Gasteiger partial charge in [0.05, 0.1) is 5.75 Å². The fourth-order valence-corrected chi connectivity index (χ4v) is 4.22. The molecule has 2 aliphatic heterocycles. The lowest BCUT2D eigenvalue weighted by molar-refractivity contribution is -0.131. The predicted molar refractivity (Wildman–Crippen MR) is 91.2 cm³/mol. The van der Waals surface area contributed by atoms with Crippen LogP contribution in [0, 0.1) is 5.92 Å². The molecule has 2 aliphatic rings. The van der Waals surface area contributed by atoms with Crippen molar-refractivity contribution >= 4 is 23.7 Å². The van der Waals surface area contributed by atoms with E-state index in [1.807, 2.05) is 34.8 Å². The fraction of sp³-hybridized carbons (Fsp3) is 0.529. The topological polar surface area (TPSA) is 42.3 Å². The van der Waals surface area contributed by atoms with E-state index in [-0.39, 0.29) is 17.4 Å². The second-order valence-electron chi connectivity index (χ2n) is 6.15. The van der Waals surface area contributed by atoms with Crippen LogP contribution in [-0.2, 0) is 11.3 Å². The number of carbonyl (C=O) groups is 1. The van der Waals surface area contributed by atoms with Gasteiger partial charge in [0.2, 0.25) is 5.91 Å². The molecule has 0 saturated carbocycles. The minimum Gasteiger partial charge on any atom is -0.341 e. The molecule has 2 bridgehead atoms. The van der Waals surface area contributed by atoms with Crippen LogP contribution < -0.4 is 5.56 Å². The maximum atomic E-state index is 12.2. The quantitative estimate of drug-likeness (QED) is 0.858. The summed E-state index contributed by atoms with van der Waals surface area (Å²) in [5.41, 5.74) is 2.31. The van der Waals surface area contributed by atoms with Crippen LogP contribution in [0.4, 0.5) is 0 Å². The molecule has 0 N–H and O–H groups in total. The fourth-order valence-electron chi connectivity index (χ4n) is 3.79. The van der Waals surface area contributed by atoms with Crippen LogP contribution in [0.1, 0.15) is 30.5 Å². The third kappa shape index (κ3) is 2.74. The Labute approximate surface area is 135 Å². The summed E-state index contributed by atoms with van der Waals surface area (Å²) >= 11 is 1.57. The number of likely N-dealkylation sites (tertiary alicyclic amines) is 1. The molecular formula is C17H22N2O2S. The Morgan fingerprint density at radius 1 is 1.36 bits per heavy atom. The van der Waals surface area contributed by atoms with Gasteiger partial charge in [-0.1, -0.05) is 12.2 Å². The van der Waals surface area contributed by atoms with Crippen molar-refractivity contribution in [2.75, 3.05) is 25.1 Å². The number of fused-ring (bicyclic) bond motifs is 4. The molecule has 1 saturated heterocycles. The first-order valence-corrected chi connectivity index (χ1v) is 9.16. The number of pyridine rings is 1. The van der Waals surface area contributed by atoms with Crippen molar-refractivity contribution in [3.8, 4) is 0 Å². The lowest BCUT2D eigenvalue weighted by Gasteiger charge is -2.43. The second kappa shape index (κ2) is 6.32. The number of thioether (sulfide) groups is 1. The molecule has 0 radical (unpaired) electrons. The minimum absolute atomic E-state index is 0.0850. The smallest absolute Gasteiger partial charge is 0.250 e. The van der Waals surface area contributed by atoms with Gasteiger partial charge in [0.25, 0.3) is 5.56 Å². The number of carbonyl (C=O) groups excluding carboxylic acids is 1. The Balaban J connectivity index is 1.98. The zero-order chi connectivity index (χ0) is 15.7. The molecule has 2 atom stereocenters. The Kier molecular flexibility index (Phi) is 4.43. The van der Waals surface area contributed by atoms with Gasteiger partial charge < -0.3 is 9.47 Å². The largest absolute Gasteiger partial charge is 0.341 e. The van der Waals surface area contributed by atoms with Crippen molar-refractivity contribution in [3.05, 3.63) is 39.8 Å². The van der Waals surface area contributed by atoms with Crippen molar-refractivity contribution < 1.29 is 4.79 Å². The maximum absolute atomic E-state index is 12.2. The van der Waals surface area contributed by atoms with Gasteiger partial charge in [-0.3, -0.25) is 9.59 Å².